The molecule has 4 N–H and O–H groups in total. The Bertz CT molecular complexity index is 1230. The van der Waals surface area contributed by atoms with Gasteiger partial charge in [0.2, 0.25) is 33.3 Å². The first-order valence-corrected chi connectivity index (χ1v) is 11.2. The molecule has 0 spiro atoms. The summed E-state index contributed by atoms with van der Waals surface area (Å²) in [4.78, 5) is 49.8. The number of benzene rings is 1. The van der Waals surface area contributed by atoms with E-state index in [0.717, 1.165) is 12.3 Å². The number of hydrogen-bond acceptors (Lipinski definition) is 9. The standard InChI is InChI=1S/C19H20N6O8S/c1-2-32-25(16(27)14-8-9-22-33-14)19(17(28)29,12-15(26)23-18-20-10-11-21-18)24-34(30,31)13-6-4-3-5-7-13/h3-11,24H,2,12H2,1H3,(H,28,29)(H2,20,21,23,26). The molecule has 2 heterocycles. The third-order valence-corrected chi connectivity index (χ3v) is 5.82. The van der Waals surface area contributed by atoms with Crippen molar-refractivity contribution in [1.29, 1.82) is 0 Å². The van der Waals surface area contributed by atoms with Crippen molar-refractivity contribution in [2.24, 2.45) is 0 Å². The molecule has 3 aromatic rings. The molecule has 0 fully saturated rings. The van der Waals surface area contributed by atoms with Crippen molar-refractivity contribution >= 4 is 33.8 Å². The molecule has 3 rings (SSSR count). The molecule has 0 bridgehead atoms. The zero-order chi connectivity index (χ0) is 24.8. The molecular weight excluding hydrogens is 472 g/mol. The molecule has 0 saturated carbocycles. The maximum atomic E-state index is 13.1. The third kappa shape index (κ3) is 5.28. The van der Waals surface area contributed by atoms with Crippen LogP contribution in [0, 0.1) is 0 Å². The number of hydroxylamine groups is 2. The van der Waals surface area contributed by atoms with Gasteiger partial charge in [-0.25, -0.2) is 18.2 Å². The number of rotatable bonds is 11. The Morgan fingerprint density at radius 3 is 2.50 bits per heavy atom. The van der Waals surface area contributed by atoms with Gasteiger partial charge in [-0.2, -0.15) is 9.79 Å². The Labute approximate surface area is 192 Å². The van der Waals surface area contributed by atoms with Gasteiger partial charge in [0.1, 0.15) is 0 Å². The molecule has 0 radical (unpaired) electrons. The van der Waals surface area contributed by atoms with Crippen molar-refractivity contribution < 1.29 is 37.3 Å². The van der Waals surface area contributed by atoms with Crippen molar-refractivity contribution in [1.82, 2.24) is 24.9 Å². The van der Waals surface area contributed by atoms with Crippen molar-refractivity contribution in [2.75, 3.05) is 11.9 Å². The van der Waals surface area contributed by atoms with Crippen LogP contribution in [0.2, 0.25) is 0 Å². The summed E-state index contributed by atoms with van der Waals surface area (Å²) in [6, 6.07) is 7.93. The van der Waals surface area contributed by atoms with Crippen LogP contribution in [-0.2, 0) is 24.4 Å². The quantitative estimate of drug-likeness (QED) is 0.217. The molecule has 0 saturated heterocycles. The number of carbonyl (C=O) groups excluding carboxylic acids is 2. The van der Waals surface area contributed by atoms with E-state index < -0.39 is 45.7 Å². The van der Waals surface area contributed by atoms with E-state index in [9.17, 15) is 27.9 Å². The summed E-state index contributed by atoms with van der Waals surface area (Å²) in [7, 11) is -4.59. The summed E-state index contributed by atoms with van der Waals surface area (Å²) >= 11 is 0. The summed E-state index contributed by atoms with van der Waals surface area (Å²) in [6.45, 7) is 1.17. The first-order valence-electron chi connectivity index (χ1n) is 9.69. The van der Waals surface area contributed by atoms with E-state index in [-0.39, 0.29) is 22.5 Å². The number of hydrogen-bond donors (Lipinski definition) is 4. The van der Waals surface area contributed by atoms with Gasteiger partial charge < -0.3 is 14.6 Å². The second-order valence-electron chi connectivity index (χ2n) is 6.64. The van der Waals surface area contributed by atoms with Crippen LogP contribution in [0.1, 0.15) is 23.9 Å². The Morgan fingerprint density at radius 2 is 1.94 bits per heavy atom. The van der Waals surface area contributed by atoms with Crippen molar-refractivity contribution in [3.63, 3.8) is 0 Å². The molecule has 0 aliphatic rings. The molecule has 0 aliphatic carbocycles. The normalized spacial score (nSPS) is 13.1. The molecule has 15 heteroatoms. The molecule has 1 aromatic carbocycles. The SMILES string of the molecule is CCON(C(=O)c1ccno1)C(CC(=O)Nc1ncc[nH]1)(NS(=O)(=O)c1ccccc1)C(=O)O. The average Bonchev–Trinajstić information content (AvgIpc) is 3.51. The highest BCUT2D eigenvalue weighted by Gasteiger charge is 2.54. The van der Waals surface area contributed by atoms with Crippen LogP contribution in [0.5, 0.6) is 0 Å². The number of carboxylic acid groups (broad SMARTS) is 1. The topological polar surface area (TPSA) is 197 Å². The fourth-order valence-corrected chi connectivity index (χ4v) is 4.20. The van der Waals surface area contributed by atoms with E-state index in [1.54, 1.807) is 6.07 Å². The number of carbonyl (C=O) groups is 3. The van der Waals surface area contributed by atoms with Crippen LogP contribution in [-0.4, -0.2) is 63.8 Å². The van der Waals surface area contributed by atoms with Crippen LogP contribution in [0.15, 0.2) is 64.4 Å². The molecule has 180 valence electrons. The second kappa shape index (κ2) is 10.2. The first-order chi connectivity index (χ1) is 16.2. The molecule has 0 aliphatic heterocycles. The minimum Gasteiger partial charge on any atom is -0.478 e. The molecular formula is C19H20N6O8S. The number of nitrogens with zero attached hydrogens (tertiary/aromatic N) is 3. The average molecular weight is 492 g/mol. The van der Waals surface area contributed by atoms with Crippen LogP contribution in [0.4, 0.5) is 5.95 Å². The van der Waals surface area contributed by atoms with Gasteiger partial charge >= 0.3 is 11.9 Å². The van der Waals surface area contributed by atoms with Crippen molar-refractivity contribution in [3.05, 3.63) is 60.7 Å². The first kappa shape index (κ1) is 24.6. The number of sulfonamides is 1. The van der Waals surface area contributed by atoms with Gasteiger partial charge in [-0.15, -0.1) is 0 Å². The molecule has 2 amide bonds. The highest BCUT2D eigenvalue weighted by Crippen LogP contribution is 2.25. The lowest BCUT2D eigenvalue weighted by Gasteiger charge is -2.38. The van der Waals surface area contributed by atoms with E-state index in [1.165, 1.54) is 43.6 Å². The number of carboxylic acids is 1. The summed E-state index contributed by atoms with van der Waals surface area (Å²) in [5, 5.41) is 16.1. The van der Waals surface area contributed by atoms with Crippen LogP contribution < -0.4 is 10.0 Å². The van der Waals surface area contributed by atoms with Gasteiger partial charge in [0.05, 0.1) is 24.1 Å². The van der Waals surface area contributed by atoms with Crippen LogP contribution in [0.25, 0.3) is 0 Å². The largest absolute Gasteiger partial charge is 0.478 e. The molecule has 2 aromatic heterocycles. The lowest BCUT2D eigenvalue weighted by atomic mass is 10.1. The summed E-state index contributed by atoms with van der Waals surface area (Å²) in [5.74, 6) is -4.57. The maximum Gasteiger partial charge on any atom is 0.348 e. The van der Waals surface area contributed by atoms with E-state index >= 15 is 0 Å². The summed E-state index contributed by atoms with van der Waals surface area (Å²) < 4.78 is 33.0. The zero-order valence-corrected chi connectivity index (χ0v) is 18.5. The van der Waals surface area contributed by atoms with E-state index in [1.807, 2.05) is 4.72 Å². The predicted octanol–water partition coefficient (Wildman–Crippen LogP) is 0.580. The summed E-state index contributed by atoms with van der Waals surface area (Å²) in [5.41, 5.74) is -2.94. The number of nitrogens with one attached hydrogen (secondary N) is 3. The van der Waals surface area contributed by atoms with E-state index in [0.29, 0.717) is 0 Å². The fraction of sp³-hybridized carbons (Fsp3) is 0.211. The fourth-order valence-electron chi connectivity index (χ4n) is 2.88. The third-order valence-electron chi connectivity index (χ3n) is 4.32. The van der Waals surface area contributed by atoms with Crippen molar-refractivity contribution in [3.8, 4) is 0 Å². The van der Waals surface area contributed by atoms with E-state index in [2.05, 4.69) is 20.4 Å². The number of aliphatic carboxylic acids is 1. The molecule has 1 atom stereocenters. The Balaban J connectivity index is 2.10. The maximum absolute atomic E-state index is 13.1. The Hall–Kier alpha value is -4.08. The highest BCUT2D eigenvalue weighted by molar-refractivity contribution is 7.89. The molecule has 1 unspecified atom stereocenters. The smallest absolute Gasteiger partial charge is 0.348 e. The van der Waals surface area contributed by atoms with Gasteiger partial charge in [0, 0.05) is 18.5 Å². The minimum atomic E-state index is -4.59. The summed E-state index contributed by atoms with van der Waals surface area (Å²) in [6.07, 6.45) is 2.75. The van der Waals surface area contributed by atoms with Gasteiger partial charge in [0.25, 0.3) is 0 Å². The van der Waals surface area contributed by atoms with Gasteiger partial charge in [0.15, 0.2) is 0 Å². The van der Waals surface area contributed by atoms with Gasteiger partial charge in [-0.3, -0.25) is 19.7 Å². The van der Waals surface area contributed by atoms with E-state index in [4.69, 9.17) is 9.36 Å². The predicted molar refractivity (Wildman–Crippen MR) is 113 cm³/mol. The number of aromatic amines is 1. The zero-order valence-electron chi connectivity index (χ0n) is 17.7. The minimum absolute atomic E-state index is 0.0280. The van der Waals surface area contributed by atoms with Crippen LogP contribution in [0.3, 0.4) is 0 Å². The number of H-pyrrole nitrogens is 1. The lowest BCUT2D eigenvalue weighted by molar-refractivity contribution is -0.205. The number of aromatic nitrogens is 3. The Morgan fingerprint density at radius 1 is 1.21 bits per heavy atom. The van der Waals surface area contributed by atoms with Crippen LogP contribution >= 0.6 is 0 Å². The Kier molecular flexibility index (Phi) is 7.40. The number of anilines is 1. The highest BCUT2D eigenvalue weighted by atomic mass is 32.2. The monoisotopic (exact) mass is 492 g/mol. The van der Waals surface area contributed by atoms with Gasteiger partial charge in [-0.1, -0.05) is 23.4 Å². The van der Waals surface area contributed by atoms with Crippen molar-refractivity contribution in [2.45, 2.75) is 23.9 Å². The number of imidazole rings is 1. The van der Waals surface area contributed by atoms with Gasteiger partial charge in [-0.05, 0) is 19.1 Å². The lowest BCUT2D eigenvalue weighted by Crippen LogP contribution is -2.68. The molecule has 14 nitrogen and oxygen atoms in total. The second-order valence-corrected chi connectivity index (χ2v) is 8.32. The number of amides is 2. The molecule has 34 heavy (non-hydrogen) atoms.